The zero-order valence-electron chi connectivity index (χ0n) is 10.4. The van der Waals surface area contributed by atoms with Gasteiger partial charge in [0.15, 0.2) is 0 Å². The first-order valence-electron chi connectivity index (χ1n) is 5.54. The molecule has 1 aliphatic rings. The molecule has 0 aromatic carbocycles. The van der Waals surface area contributed by atoms with E-state index in [2.05, 4.69) is 0 Å². The van der Waals surface area contributed by atoms with Crippen LogP contribution in [0.4, 0.5) is 0 Å². The Hall–Kier alpha value is -0.750. The molecule has 0 aromatic rings. The van der Waals surface area contributed by atoms with E-state index in [-0.39, 0.29) is 18.4 Å². The van der Waals surface area contributed by atoms with Crippen molar-refractivity contribution in [2.45, 2.75) is 31.9 Å². The van der Waals surface area contributed by atoms with Crippen LogP contribution in [-0.2, 0) is 14.3 Å². The number of hydrogen-bond acceptors (Lipinski definition) is 4. The monoisotopic (exact) mass is 261 g/mol. The Bertz CT molecular complexity index is 306. The average molecular weight is 261 g/mol. The lowest BCUT2D eigenvalue weighted by molar-refractivity contribution is -0.154. The minimum atomic E-state index is -0.890. The zero-order valence-corrected chi connectivity index (χ0v) is 11.2. The number of methoxy groups -OCH3 is 1. The van der Waals surface area contributed by atoms with Gasteiger partial charge in [-0.1, -0.05) is 0 Å². The van der Waals surface area contributed by atoms with Gasteiger partial charge in [0.2, 0.25) is 0 Å². The Labute approximate surface area is 105 Å². The van der Waals surface area contributed by atoms with E-state index in [4.69, 9.17) is 9.84 Å². The molecule has 0 aliphatic carbocycles. The van der Waals surface area contributed by atoms with Crippen LogP contribution in [0.15, 0.2) is 0 Å². The van der Waals surface area contributed by atoms with Gasteiger partial charge in [0.1, 0.15) is 5.60 Å². The lowest BCUT2D eigenvalue weighted by atomic mass is 10.1. The van der Waals surface area contributed by atoms with Crippen molar-refractivity contribution in [1.29, 1.82) is 0 Å². The first-order chi connectivity index (χ1) is 7.88. The maximum absolute atomic E-state index is 12.2. The highest BCUT2D eigenvalue weighted by Gasteiger charge is 2.37. The first-order valence-corrected chi connectivity index (χ1v) is 6.69. The fourth-order valence-electron chi connectivity index (χ4n) is 1.73. The highest BCUT2D eigenvalue weighted by molar-refractivity contribution is 7.99. The second kappa shape index (κ2) is 5.73. The van der Waals surface area contributed by atoms with Gasteiger partial charge in [0.25, 0.3) is 5.91 Å². The molecule has 1 saturated heterocycles. The van der Waals surface area contributed by atoms with Gasteiger partial charge in [-0.2, -0.15) is 11.8 Å². The van der Waals surface area contributed by atoms with Crippen LogP contribution in [0, 0.1) is 0 Å². The van der Waals surface area contributed by atoms with Gasteiger partial charge in [-0.25, -0.2) is 0 Å². The number of hydrogen-bond donors (Lipinski definition) is 1. The third kappa shape index (κ3) is 3.61. The number of nitrogens with zero attached hydrogens (tertiary/aromatic N) is 1. The summed E-state index contributed by atoms with van der Waals surface area (Å²) in [6.45, 7) is 4.00. The quantitative estimate of drug-likeness (QED) is 0.812. The fraction of sp³-hybridized carbons (Fsp3) is 0.818. The summed E-state index contributed by atoms with van der Waals surface area (Å²) in [5, 5.41) is 8.85. The van der Waals surface area contributed by atoms with Gasteiger partial charge >= 0.3 is 5.97 Å². The Morgan fingerprint density at radius 3 is 2.71 bits per heavy atom. The van der Waals surface area contributed by atoms with Gasteiger partial charge in [-0.3, -0.25) is 9.59 Å². The van der Waals surface area contributed by atoms with E-state index in [9.17, 15) is 9.59 Å². The predicted octanol–water partition coefficient (Wildman–Crippen LogP) is 0.830. The van der Waals surface area contributed by atoms with E-state index in [1.165, 1.54) is 7.11 Å². The predicted molar refractivity (Wildman–Crippen MR) is 66.2 cm³/mol. The third-order valence-electron chi connectivity index (χ3n) is 2.92. The molecule has 1 heterocycles. The molecular formula is C11H19NO4S. The molecule has 0 aromatic heterocycles. The van der Waals surface area contributed by atoms with Crippen LogP contribution in [0.5, 0.6) is 0 Å². The van der Waals surface area contributed by atoms with Crippen molar-refractivity contribution < 1.29 is 19.4 Å². The lowest BCUT2D eigenvalue weighted by Gasteiger charge is -2.38. The van der Waals surface area contributed by atoms with Gasteiger partial charge in [-0.05, 0) is 13.8 Å². The summed E-state index contributed by atoms with van der Waals surface area (Å²) in [6, 6.07) is -0.229. The molecule has 1 aliphatic heterocycles. The molecule has 5 nitrogen and oxygen atoms in total. The summed E-state index contributed by atoms with van der Waals surface area (Å²) in [4.78, 5) is 24.7. The normalized spacial score (nSPS) is 21.4. The zero-order chi connectivity index (χ0) is 13.1. The van der Waals surface area contributed by atoms with Gasteiger partial charge in [0, 0.05) is 25.2 Å². The number of ether oxygens (including phenoxy) is 1. The van der Waals surface area contributed by atoms with Crippen molar-refractivity contribution in [3.05, 3.63) is 0 Å². The molecule has 17 heavy (non-hydrogen) atoms. The molecule has 0 bridgehead atoms. The molecule has 6 heteroatoms. The SMILES string of the molecule is COC(C)(C)C(=O)N1CCSCC1CC(=O)O. The van der Waals surface area contributed by atoms with Crippen molar-refractivity contribution in [2.75, 3.05) is 25.2 Å². The summed E-state index contributed by atoms with van der Waals surface area (Å²) in [5.41, 5.74) is -0.890. The maximum Gasteiger partial charge on any atom is 0.305 e. The van der Waals surface area contributed by atoms with Crippen LogP contribution in [0.3, 0.4) is 0 Å². The molecule has 1 rings (SSSR count). The molecular weight excluding hydrogens is 242 g/mol. The number of carboxylic acid groups (broad SMARTS) is 1. The Morgan fingerprint density at radius 2 is 2.18 bits per heavy atom. The van der Waals surface area contributed by atoms with Crippen molar-refractivity contribution in [2.24, 2.45) is 0 Å². The minimum Gasteiger partial charge on any atom is -0.481 e. The Balaban J connectivity index is 2.77. The van der Waals surface area contributed by atoms with E-state index in [1.807, 2.05) is 0 Å². The Morgan fingerprint density at radius 1 is 1.53 bits per heavy atom. The summed E-state index contributed by atoms with van der Waals surface area (Å²) in [7, 11) is 1.49. The second-order valence-electron chi connectivity index (χ2n) is 4.54. The molecule has 0 radical (unpaired) electrons. The smallest absolute Gasteiger partial charge is 0.305 e. The molecule has 0 spiro atoms. The highest BCUT2D eigenvalue weighted by Crippen LogP contribution is 2.23. The van der Waals surface area contributed by atoms with E-state index >= 15 is 0 Å². The second-order valence-corrected chi connectivity index (χ2v) is 5.69. The van der Waals surface area contributed by atoms with Gasteiger partial charge in [-0.15, -0.1) is 0 Å². The number of aliphatic carboxylic acids is 1. The van der Waals surface area contributed by atoms with Gasteiger partial charge in [0.05, 0.1) is 12.5 Å². The summed E-state index contributed by atoms with van der Waals surface area (Å²) >= 11 is 1.69. The van der Waals surface area contributed by atoms with Crippen LogP contribution in [0.2, 0.25) is 0 Å². The molecule has 1 fully saturated rings. The van der Waals surface area contributed by atoms with Crippen molar-refractivity contribution >= 4 is 23.6 Å². The molecule has 1 atom stereocenters. The number of carbonyl (C=O) groups is 2. The standard InChI is InChI=1S/C11H19NO4S/c1-11(2,16-3)10(15)12-4-5-17-7-8(12)6-9(13)14/h8H,4-7H2,1-3H3,(H,13,14). The van der Waals surface area contributed by atoms with Gasteiger partial charge < -0.3 is 14.7 Å². The first kappa shape index (κ1) is 14.3. The summed E-state index contributed by atoms with van der Waals surface area (Å²) < 4.78 is 5.16. The fourth-order valence-corrected chi connectivity index (χ4v) is 2.79. The number of amides is 1. The number of carbonyl (C=O) groups excluding carboxylic acids is 1. The maximum atomic E-state index is 12.2. The topological polar surface area (TPSA) is 66.8 Å². The van der Waals surface area contributed by atoms with Crippen molar-refractivity contribution in [3.8, 4) is 0 Å². The van der Waals surface area contributed by atoms with E-state index in [0.717, 1.165) is 5.75 Å². The number of carboxylic acids is 1. The van der Waals surface area contributed by atoms with Crippen LogP contribution in [-0.4, -0.2) is 58.7 Å². The van der Waals surface area contributed by atoms with Crippen molar-refractivity contribution in [3.63, 3.8) is 0 Å². The van der Waals surface area contributed by atoms with Crippen molar-refractivity contribution in [1.82, 2.24) is 4.90 Å². The van der Waals surface area contributed by atoms with E-state index in [0.29, 0.717) is 12.3 Å². The van der Waals surface area contributed by atoms with E-state index < -0.39 is 11.6 Å². The third-order valence-corrected chi connectivity index (χ3v) is 4.02. The number of thioether (sulfide) groups is 1. The molecule has 1 N–H and O–H groups in total. The summed E-state index contributed by atoms with van der Waals surface area (Å²) in [6.07, 6.45) is -0.00145. The van der Waals surface area contributed by atoms with Crippen LogP contribution >= 0.6 is 11.8 Å². The van der Waals surface area contributed by atoms with Crippen LogP contribution in [0.1, 0.15) is 20.3 Å². The minimum absolute atomic E-state index is 0.00145. The Kier molecular flexibility index (Phi) is 4.82. The molecule has 98 valence electrons. The van der Waals surface area contributed by atoms with Crippen LogP contribution < -0.4 is 0 Å². The average Bonchev–Trinajstić information content (AvgIpc) is 2.28. The van der Waals surface area contributed by atoms with Crippen LogP contribution in [0.25, 0.3) is 0 Å². The largest absolute Gasteiger partial charge is 0.481 e. The highest BCUT2D eigenvalue weighted by atomic mass is 32.2. The lowest BCUT2D eigenvalue weighted by Crippen LogP contribution is -2.54. The summed E-state index contributed by atoms with van der Waals surface area (Å²) in [5.74, 6) is 0.525. The van der Waals surface area contributed by atoms with E-state index in [1.54, 1.807) is 30.5 Å². The molecule has 0 saturated carbocycles. The molecule has 1 amide bonds. The molecule has 1 unspecified atom stereocenters. The number of rotatable bonds is 4.